The summed E-state index contributed by atoms with van der Waals surface area (Å²) in [5, 5.41) is 10.2. The van der Waals surface area contributed by atoms with E-state index in [0.717, 1.165) is 6.42 Å². The van der Waals surface area contributed by atoms with E-state index >= 15 is 0 Å². The number of benzene rings is 6. The number of hydrogen-bond donors (Lipinski definition) is 0. The van der Waals surface area contributed by atoms with Gasteiger partial charge in [-0.05, 0) is 89.2 Å². The first kappa shape index (κ1) is 45.6. The zero-order valence-electron chi connectivity index (χ0n) is 36.4. The monoisotopic (exact) mass is 877 g/mol. The minimum atomic E-state index is -0.186. The van der Waals surface area contributed by atoms with Crippen LogP contribution in [0.2, 0.25) is 0 Å². The van der Waals surface area contributed by atoms with Gasteiger partial charge in [-0.15, -0.1) is 33.4 Å². The molecule has 0 saturated heterocycles. The van der Waals surface area contributed by atoms with Gasteiger partial charge in [0.05, 0.1) is 0 Å². The summed E-state index contributed by atoms with van der Waals surface area (Å²) in [6.07, 6.45) is 12.0. The second-order valence-electron chi connectivity index (χ2n) is 20.1. The zero-order valence-corrected chi connectivity index (χ0v) is 40.4. The largest absolute Gasteiger partial charge is 3.00 e. The summed E-state index contributed by atoms with van der Waals surface area (Å²) in [5.74, 6) is 0. The van der Waals surface area contributed by atoms with Gasteiger partial charge in [-0.25, -0.2) is 0 Å². The topological polar surface area (TPSA) is 0 Å². The minimum Gasteiger partial charge on any atom is -1.00 e. The second-order valence-corrected chi connectivity index (χ2v) is 20.1. The summed E-state index contributed by atoms with van der Waals surface area (Å²) >= 11 is 0. The molecule has 0 saturated carbocycles. The number of allylic oxidation sites excluding steroid dienone is 4. The van der Waals surface area contributed by atoms with Crippen LogP contribution >= 0.6 is 0 Å². The number of halogens is 2. The van der Waals surface area contributed by atoms with Gasteiger partial charge >= 0.3 is 26.2 Å². The summed E-state index contributed by atoms with van der Waals surface area (Å²) in [7, 11) is 0. The van der Waals surface area contributed by atoms with Crippen LogP contribution in [-0.2, 0) is 47.9 Å². The Hall–Kier alpha value is -3.48. The molecule has 0 bridgehead atoms. The van der Waals surface area contributed by atoms with Gasteiger partial charge < -0.3 is 24.8 Å². The number of fused-ring (bicyclic) bond motifs is 4. The van der Waals surface area contributed by atoms with E-state index in [2.05, 4.69) is 204 Å². The van der Waals surface area contributed by atoms with Crippen LogP contribution in [0.15, 0.2) is 115 Å². The van der Waals surface area contributed by atoms with E-state index in [-0.39, 0.29) is 72.7 Å². The average Bonchev–Trinajstić information content (AvgIpc) is 3.78. The van der Waals surface area contributed by atoms with Crippen LogP contribution in [-0.4, -0.2) is 0 Å². The van der Waals surface area contributed by atoms with Crippen molar-refractivity contribution < 1.29 is 51.0 Å². The Bertz CT molecular complexity index is 2780. The molecular formula is C55H57Cl2Zr. The third kappa shape index (κ3) is 8.06. The molecule has 0 N–H and O–H groups in total. The van der Waals surface area contributed by atoms with Crippen LogP contribution in [0, 0.1) is 10.4 Å². The van der Waals surface area contributed by atoms with Crippen molar-refractivity contribution in [2.45, 2.75) is 111 Å². The van der Waals surface area contributed by atoms with Crippen LogP contribution < -0.4 is 35.3 Å². The van der Waals surface area contributed by atoms with Gasteiger partial charge in [0.15, 0.2) is 0 Å². The van der Waals surface area contributed by atoms with Crippen molar-refractivity contribution >= 4 is 38.8 Å². The molecule has 1 radical (unpaired) electrons. The van der Waals surface area contributed by atoms with Gasteiger partial charge in [0.2, 0.25) is 0 Å². The van der Waals surface area contributed by atoms with Gasteiger partial charge in [-0.3, -0.25) is 0 Å². The first-order valence-electron chi connectivity index (χ1n) is 20.3. The summed E-state index contributed by atoms with van der Waals surface area (Å²) < 4.78 is 0. The molecule has 295 valence electrons. The van der Waals surface area contributed by atoms with Gasteiger partial charge in [0.1, 0.15) is 0 Å². The van der Waals surface area contributed by atoms with E-state index in [9.17, 15) is 0 Å². The van der Waals surface area contributed by atoms with Crippen LogP contribution in [0.4, 0.5) is 0 Å². The quantitative estimate of drug-likeness (QED) is 0.167. The Morgan fingerprint density at radius 2 is 1.02 bits per heavy atom. The summed E-state index contributed by atoms with van der Waals surface area (Å²) in [6, 6.07) is 36.9. The van der Waals surface area contributed by atoms with Crippen molar-refractivity contribution in [3.63, 3.8) is 0 Å². The molecule has 0 spiro atoms. The fourth-order valence-electron chi connectivity index (χ4n) is 9.28. The summed E-state index contributed by atoms with van der Waals surface area (Å²) in [6.45, 7) is 28.8. The summed E-state index contributed by atoms with van der Waals surface area (Å²) in [5.41, 5.74) is 13.1. The van der Waals surface area contributed by atoms with Crippen molar-refractivity contribution in [2.24, 2.45) is 0 Å². The molecule has 0 aromatic heterocycles. The Morgan fingerprint density at radius 1 is 0.534 bits per heavy atom. The van der Waals surface area contributed by atoms with Crippen molar-refractivity contribution in [3.8, 4) is 0 Å². The number of rotatable bonds is 3. The average molecular weight is 880 g/mol. The molecule has 0 fully saturated rings. The molecular weight excluding hydrogens is 823 g/mol. The fraction of sp³-hybridized carbons (Fsp3) is 0.309. The minimum absolute atomic E-state index is 0. The SMILES string of the molecule is CC(C)(C)c1cc2c(cc1C(C)(C)C)=c1c(c(C3=CC=CC3)c(C(C)(C)C)c(C(C)(C)C)c1=C(c1ccc3ccccc3c1)c1ccc3ccccc3c1)[C-]=2.[Cl-].[Cl-].[Zr+3]. The third-order valence-electron chi connectivity index (χ3n) is 11.7. The molecule has 2 aliphatic carbocycles. The van der Waals surface area contributed by atoms with E-state index < -0.39 is 0 Å². The zero-order chi connectivity index (χ0) is 39.2. The molecule has 0 unspecified atom stereocenters. The third-order valence-corrected chi connectivity index (χ3v) is 11.7. The fourth-order valence-corrected chi connectivity index (χ4v) is 9.28. The molecule has 0 nitrogen and oxygen atoms in total. The van der Waals surface area contributed by atoms with Crippen LogP contribution in [0.25, 0.3) is 38.8 Å². The molecule has 8 rings (SSSR count). The van der Waals surface area contributed by atoms with E-state index in [1.165, 1.54) is 98.1 Å². The second kappa shape index (κ2) is 16.2. The van der Waals surface area contributed by atoms with Crippen LogP contribution in [0.5, 0.6) is 0 Å². The van der Waals surface area contributed by atoms with E-state index in [1.54, 1.807) is 0 Å². The predicted octanol–water partition coefficient (Wildman–Crippen LogP) is 7.09. The molecule has 58 heavy (non-hydrogen) atoms. The van der Waals surface area contributed by atoms with Gasteiger partial charge in [0.25, 0.3) is 0 Å². The molecule has 0 atom stereocenters. The molecule has 0 amide bonds. The Balaban J connectivity index is 0.00000214. The molecule has 6 aromatic carbocycles. The maximum Gasteiger partial charge on any atom is 3.00 e. The Labute approximate surface area is 378 Å². The maximum atomic E-state index is 4.18. The molecule has 2 aliphatic rings. The standard InChI is InChI=1S/C55H57.2ClH.Zr/c1-52(2,3)44-32-41-31-43-47(36-21-15-16-22-36)50(54(7,8)9)51(55(10,11)12)49(48(43)42(41)33-45(44)53(4,5)6)46(39-27-25-34-19-13-17-23-37(34)29-39)40-28-26-35-20-14-18-24-38(35)30-40;;;/h13-21,23-30,32-33H,22H2,1-12H3;2*1H;/q-1;;;+3/p-2. The van der Waals surface area contributed by atoms with Crippen LogP contribution in [0.1, 0.15) is 134 Å². The van der Waals surface area contributed by atoms with Crippen molar-refractivity contribution in [1.29, 1.82) is 0 Å². The predicted molar refractivity (Wildman–Crippen MR) is 238 cm³/mol. The first-order chi connectivity index (χ1) is 25.8. The first-order valence-corrected chi connectivity index (χ1v) is 20.3. The molecule has 3 heteroatoms. The van der Waals surface area contributed by atoms with Gasteiger partial charge in [0, 0.05) is 0 Å². The summed E-state index contributed by atoms with van der Waals surface area (Å²) in [4.78, 5) is 0. The van der Waals surface area contributed by atoms with Crippen molar-refractivity contribution in [1.82, 2.24) is 0 Å². The van der Waals surface area contributed by atoms with E-state index in [0.29, 0.717) is 0 Å². The van der Waals surface area contributed by atoms with Gasteiger partial charge in [-0.1, -0.05) is 208 Å². The smallest absolute Gasteiger partial charge is 1.00 e. The van der Waals surface area contributed by atoms with Gasteiger partial charge in [-0.2, -0.15) is 0 Å². The molecule has 0 heterocycles. The molecule has 6 aromatic rings. The van der Waals surface area contributed by atoms with Crippen molar-refractivity contribution in [2.75, 3.05) is 0 Å². The Morgan fingerprint density at radius 3 is 1.47 bits per heavy atom. The maximum absolute atomic E-state index is 4.18. The normalized spacial score (nSPS) is 13.6. The van der Waals surface area contributed by atoms with Crippen LogP contribution in [0.3, 0.4) is 0 Å². The number of hydrogen-bond acceptors (Lipinski definition) is 0. The van der Waals surface area contributed by atoms with E-state index in [4.69, 9.17) is 0 Å². The Kier molecular flexibility index (Phi) is 12.7. The molecule has 0 aliphatic heterocycles. The van der Waals surface area contributed by atoms with E-state index in [1.807, 2.05) is 0 Å². The van der Waals surface area contributed by atoms with Crippen molar-refractivity contribution in [3.05, 3.63) is 181 Å².